The first kappa shape index (κ1) is 55.1. The Hall–Kier alpha value is -2.94. The van der Waals surface area contributed by atoms with E-state index in [2.05, 4.69) is 60.9 Å². The van der Waals surface area contributed by atoms with E-state index in [1.165, 1.54) is 122 Å². The number of aliphatic hydroxyl groups excluding tert-OH is 1. The van der Waals surface area contributed by atoms with E-state index in [0.29, 0.717) is 12.8 Å². The van der Waals surface area contributed by atoms with E-state index in [9.17, 15) is 19.2 Å². The molecule has 336 valence electrons. The molecule has 58 heavy (non-hydrogen) atoms. The lowest BCUT2D eigenvalue weighted by Crippen LogP contribution is -2.47. The number of esters is 1. The van der Waals surface area contributed by atoms with E-state index in [4.69, 9.17) is 14.9 Å². The third-order valence-electron chi connectivity index (χ3n) is 10.6. The third-order valence-corrected chi connectivity index (χ3v) is 10.6. The van der Waals surface area contributed by atoms with E-state index < -0.39 is 24.5 Å². The van der Waals surface area contributed by atoms with Gasteiger partial charge in [-0.15, -0.1) is 0 Å². The standard InChI is InChI=1S/C49H88N2O7/c1-3-5-7-9-11-13-15-17-18-19-20-22-24-26-28-33-37-41-48(55)58-44(38-34-30-27-25-23-21-16-14-12-10-8-6-4-2)39-35-31-29-32-36-40-46(53)50-42-47(54)51-45(43-52)49(56)57/h16-18,21,25,27,44-45,52H,3-15,19-20,22-24,26,28-43H2,1-2H3,(H,50,53)(H,51,54)(H,56,57)/b18-17-,21-16-,27-25-. The van der Waals surface area contributed by atoms with Gasteiger partial charge in [0.25, 0.3) is 0 Å². The molecule has 0 aliphatic carbocycles. The Morgan fingerprint density at radius 2 is 0.948 bits per heavy atom. The van der Waals surface area contributed by atoms with Crippen molar-refractivity contribution in [1.29, 1.82) is 0 Å². The minimum absolute atomic E-state index is 0.0585. The molecule has 0 aliphatic rings. The maximum atomic E-state index is 12.8. The van der Waals surface area contributed by atoms with Crippen LogP contribution in [0, 0.1) is 0 Å². The Morgan fingerprint density at radius 3 is 1.47 bits per heavy atom. The normalized spacial score (nSPS) is 12.7. The monoisotopic (exact) mass is 817 g/mol. The van der Waals surface area contributed by atoms with Gasteiger partial charge in [-0.05, 0) is 89.9 Å². The predicted octanol–water partition coefficient (Wildman–Crippen LogP) is 12.2. The smallest absolute Gasteiger partial charge is 0.328 e. The summed E-state index contributed by atoms with van der Waals surface area (Å²) in [5, 5.41) is 22.6. The summed E-state index contributed by atoms with van der Waals surface area (Å²) in [6.07, 6.45) is 50.3. The lowest BCUT2D eigenvalue weighted by atomic mass is 10.0. The second-order valence-electron chi connectivity index (χ2n) is 16.2. The molecule has 0 aromatic heterocycles. The van der Waals surface area contributed by atoms with Gasteiger partial charge in [0.15, 0.2) is 0 Å². The van der Waals surface area contributed by atoms with Crippen LogP contribution in [-0.4, -0.2) is 59.3 Å². The second kappa shape index (κ2) is 43.6. The number of ether oxygens (including phenoxy) is 1. The molecular weight excluding hydrogens is 729 g/mol. The van der Waals surface area contributed by atoms with Gasteiger partial charge >= 0.3 is 11.9 Å². The van der Waals surface area contributed by atoms with E-state index in [1.54, 1.807) is 0 Å². The first-order valence-electron chi connectivity index (χ1n) is 23.9. The number of hydrogen-bond acceptors (Lipinski definition) is 6. The number of aliphatic carboxylic acids is 1. The van der Waals surface area contributed by atoms with Gasteiger partial charge in [0.1, 0.15) is 12.1 Å². The molecule has 0 saturated heterocycles. The van der Waals surface area contributed by atoms with E-state index in [-0.39, 0.29) is 30.9 Å². The summed E-state index contributed by atoms with van der Waals surface area (Å²) in [5.74, 6) is -2.32. The molecule has 0 bridgehead atoms. The number of aliphatic hydroxyl groups is 1. The molecule has 0 aromatic rings. The summed E-state index contributed by atoms with van der Waals surface area (Å²) >= 11 is 0. The van der Waals surface area contributed by atoms with E-state index in [0.717, 1.165) is 70.6 Å². The highest BCUT2D eigenvalue weighted by molar-refractivity contribution is 5.87. The molecule has 9 heteroatoms. The number of carbonyl (C=O) groups excluding carboxylic acids is 3. The number of allylic oxidation sites excluding steroid dienone is 6. The highest BCUT2D eigenvalue weighted by atomic mass is 16.5. The van der Waals surface area contributed by atoms with Crippen LogP contribution < -0.4 is 10.6 Å². The predicted molar refractivity (Wildman–Crippen MR) is 241 cm³/mol. The average molecular weight is 817 g/mol. The highest BCUT2D eigenvalue weighted by Crippen LogP contribution is 2.18. The van der Waals surface area contributed by atoms with Gasteiger partial charge in [-0.25, -0.2) is 4.79 Å². The van der Waals surface area contributed by atoms with Crippen LogP contribution in [0.5, 0.6) is 0 Å². The van der Waals surface area contributed by atoms with Gasteiger partial charge < -0.3 is 25.6 Å². The fourth-order valence-electron chi connectivity index (χ4n) is 6.92. The fraction of sp³-hybridized carbons (Fsp3) is 0.796. The van der Waals surface area contributed by atoms with Crippen LogP contribution in [0.2, 0.25) is 0 Å². The third kappa shape index (κ3) is 39.9. The quantitative estimate of drug-likeness (QED) is 0.0273. The van der Waals surface area contributed by atoms with Gasteiger partial charge in [0, 0.05) is 12.8 Å². The van der Waals surface area contributed by atoms with Crippen LogP contribution in [0.25, 0.3) is 0 Å². The van der Waals surface area contributed by atoms with Crippen LogP contribution in [-0.2, 0) is 23.9 Å². The van der Waals surface area contributed by atoms with Crippen LogP contribution in [0.1, 0.15) is 226 Å². The summed E-state index contributed by atoms with van der Waals surface area (Å²) in [7, 11) is 0. The summed E-state index contributed by atoms with van der Waals surface area (Å²) < 4.78 is 6.02. The molecule has 0 spiro atoms. The van der Waals surface area contributed by atoms with Crippen molar-refractivity contribution < 1.29 is 34.1 Å². The SMILES string of the molecule is CCCCCCC/C=C\C/C=C\CCCC(CCCCCCCC(=O)NCC(=O)NC(CO)C(=O)O)OC(=O)CCCCCCCCC/C=C\CCCCCCCC. The van der Waals surface area contributed by atoms with Gasteiger partial charge in [-0.1, -0.05) is 159 Å². The zero-order valence-corrected chi connectivity index (χ0v) is 37.3. The Bertz CT molecular complexity index is 1070. The Kier molecular flexibility index (Phi) is 41.4. The van der Waals surface area contributed by atoms with Crippen molar-refractivity contribution >= 4 is 23.8 Å². The molecule has 0 radical (unpaired) electrons. The summed E-state index contributed by atoms with van der Waals surface area (Å²) in [6, 6.07) is -1.39. The minimum Gasteiger partial charge on any atom is -0.480 e. The van der Waals surface area contributed by atoms with Gasteiger partial charge in [0.2, 0.25) is 11.8 Å². The van der Waals surface area contributed by atoms with E-state index >= 15 is 0 Å². The number of amides is 2. The molecular formula is C49H88N2O7. The summed E-state index contributed by atoms with van der Waals surface area (Å²) in [5.41, 5.74) is 0. The molecule has 0 aliphatic heterocycles. The van der Waals surface area contributed by atoms with Crippen molar-refractivity contribution in [1.82, 2.24) is 10.6 Å². The maximum absolute atomic E-state index is 12.8. The number of unbranched alkanes of at least 4 members (excludes halogenated alkanes) is 23. The largest absolute Gasteiger partial charge is 0.480 e. The lowest BCUT2D eigenvalue weighted by molar-refractivity contribution is -0.150. The second-order valence-corrected chi connectivity index (χ2v) is 16.2. The molecule has 0 saturated carbocycles. The molecule has 9 nitrogen and oxygen atoms in total. The Morgan fingerprint density at radius 1 is 0.517 bits per heavy atom. The zero-order valence-electron chi connectivity index (χ0n) is 37.3. The van der Waals surface area contributed by atoms with Crippen LogP contribution in [0.15, 0.2) is 36.5 Å². The van der Waals surface area contributed by atoms with Crippen LogP contribution in [0.4, 0.5) is 0 Å². The summed E-state index contributed by atoms with van der Waals surface area (Å²) in [4.78, 5) is 47.7. The number of carboxylic acids is 1. The van der Waals surface area contributed by atoms with Crippen molar-refractivity contribution in [3.8, 4) is 0 Å². The lowest BCUT2D eigenvalue weighted by Gasteiger charge is -2.18. The molecule has 0 fully saturated rings. The molecule has 0 aromatic carbocycles. The molecule has 2 unspecified atom stereocenters. The van der Waals surface area contributed by atoms with Gasteiger partial charge in [-0.2, -0.15) is 0 Å². The minimum atomic E-state index is -1.39. The number of nitrogens with one attached hydrogen (secondary N) is 2. The van der Waals surface area contributed by atoms with Crippen LogP contribution in [0.3, 0.4) is 0 Å². The Balaban J connectivity index is 4.36. The highest BCUT2D eigenvalue weighted by Gasteiger charge is 2.19. The molecule has 2 amide bonds. The van der Waals surface area contributed by atoms with Crippen molar-refractivity contribution in [3.05, 3.63) is 36.5 Å². The van der Waals surface area contributed by atoms with Crippen molar-refractivity contribution in [3.63, 3.8) is 0 Å². The first-order valence-corrected chi connectivity index (χ1v) is 23.9. The first-order chi connectivity index (χ1) is 28.3. The van der Waals surface area contributed by atoms with E-state index in [1.807, 2.05) is 0 Å². The summed E-state index contributed by atoms with van der Waals surface area (Å²) in [6.45, 7) is 3.47. The fourth-order valence-corrected chi connectivity index (χ4v) is 6.92. The van der Waals surface area contributed by atoms with Crippen molar-refractivity contribution in [2.75, 3.05) is 13.2 Å². The molecule has 2 atom stereocenters. The number of carboxylic acid groups (broad SMARTS) is 1. The number of carbonyl (C=O) groups is 4. The maximum Gasteiger partial charge on any atom is 0.328 e. The van der Waals surface area contributed by atoms with Crippen molar-refractivity contribution in [2.24, 2.45) is 0 Å². The van der Waals surface area contributed by atoms with Gasteiger partial charge in [0.05, 0.1) is 13.2 Å². The Labute approximate surface area is 355 Å². The topological polar surface area (TPSA) is 142 Å². The molecule has 0 heterocycles. The number of hydrogen-bond donors (Lipinski definition) is 4. The average Bonchev–Trinajstić information content (AvgIpc) is 3.21. The van der Waals surface area contributed by atoms with Gasteiger partial charge in [-0.3, -0.25) is 14.4 Å². The van der Waals surface area contributed by atoms with Crippen LogP contribution >= 0.6 is 0 Å². The molecule has 4 N–H and O–H groups in total. The zero-order chi connectivity index (χ0) is 42.6. The number of rotatable bonds is 43. The molecule has 0 rings (SSSR count). The van der Waals surface area contributed by atoms with Crippen molar-refractivity contribution in [2.45, 2.75) is 238 Å².